The Hall–Kier alpha value is -2.61. The lowest BCUT2D eigenvalue weighted by atomic mass is 10.1. The van der Waals surface area contributed by atoms with Crippen molar-refractivity contribution in [3.8, 4) is 5.75 Å². The van der Waals surface area contributed by atoms with Crippen molar-refractivity contribution in [3.63, 3.8) is 0 Å². The molecule has 0 aliphatic rings. The van der Waals surface area contributed by atoms with Crippen molar-refractivity contribution in [2.24, 2.45) is 0 Å². The molecule has 3 aromatic rings. The number of hydrogen-bond donors (Lipinski definition) is 1. The maximum Gasteiger partial charge on any atom is 0.205 e. The SMILES string of the molecule is CCCCC=CC(NP(=O)(c1ccccc1)c1ccccc1)c1ccccc1OC. The van der Waals surface area contributed by atoms with E-state index in [1.807, 2.05) is 84.9 Å². The van der Waals surface area contributed by atoms with E-state index < -0.39 is 7.29 Å². The first-order chi connectivity index (χ1) is 14.7. The summed E-state index contributed by atoms with van der Waals surface area (Å²) in [6, 6.07) is 27.0. The largest absolute Gasteiger partial charge is 0.496 e. The maximum absolute atomic E-state index is 14.5. The average Bonchev–Trinajstić information content (AvgIpc) is 2.82. The van der Waals surface area contributed by atoms with Crippen molar-refractivity contribution in [1.29, 1.82) is 0 Å². The molecule has 1 atom stereocenters. The van der Waals surface area contributed by atoms with Crippen LogP contribution in [0.5, 0.6) is 5.75 Å². The molecule has 1 unspecified atom stereocenters. The molecular weight excluding hydrogens is 389 g/mol. The summed E-state index contributed by atoms with van der Waals surface area (Å²) in [6.07, 6.45) is 7.55. The fourth-order valence-electron chi connectivity index (χ4n) is 3.46. The van der Waals surface area contributed by atoms with Crippen LogP contribution in [0, 0.1) is 0 Å². The molecule has 3 rings (SSSR count). The Labute approximate surface area is 180 Å². The molecule has 0 spiro atoms. The average molecular weight is 420 g/mol. The van der Waals surface area contributed by atoms with Crippen LogP contribution in [0.1, 0.15) is 37.8 Å². The molecule has 3 aromatic carbocycles. The topological polar surface area (TPSA) is 38.3 Å². The summed E-state index contributed by atoms with van der Waals surface area (Å²) in [5.74, 6) is 0.780. The Balaban J connectivity index is 2.07. The maximum atomic E-state index is 14.5. The lowest BCUT2D eigenvalue weighted by Gasteiger charge is -2.26. The van der Waals surface area contributed by atoms with Gasteiger partial charge in [-0.05, 0) is 36.8 Å². The third kappa shape index (κ3) is 5.30. The van der Waals surface area contributed by atoms with Crippen LogP contribution in [0.2, 0.25) is 0 Å². The van der Waals surface area contributed by atoms with E-state index in [0.717, 1.165) is 41.2 Å². The predicted octanol–water partition coefficient (Wildman–Crippen LogP) is 6.00. The fourth-order valence-corrected chi connectivity index (χ4v) is 5.86. The third-order valence-electron chi connectivity index (χ3n) is 5.09. The lowest BCUT2D eigenvalue weighted by Crippen LogP contribution is -2.30. The predicted molar refractivity (Wildman–Crippen MR) is 127 cm³/mol. The summed E-state index contributed by atoms with van der Waals surface area (Å²) in [5.41, 5.74) is 0.972. The molecular formula is C26H30NO2P. The molecule has 0 amide bonds. The van der Waals surface area contributed by atoms with Gasteiger partial charge in [0.2, 0.25) is 7.29 Å². The summed E-state index contributed by atoms with van der Waals surface area (Å²) in [6.45, 7) is 2.18. The van der Waals surface area contributed by atoms with Crippen LogP contribution < -0.4 is 20.4 Å². The molecule has 4 heteroatoms. The van der Waals surface area contributed by atoms with E-state index in [1.54, 1.807) is 7.11 Å². The number of rotatable bonds is 10. The van der Waals surface area contributed by atoms with Gasteiger partial charge in [-0.2, -0.15) is 0 Å². The van der Waals surface area contributed by atoms with Crippen LogP contribution in [0.4, 0.5) is 0 Å². The van der Waals surface area contributed by atoms with E-state index >= 15 is 0 Å². The number of methoxy groups -OCH3 is 1. The zero-order valence-corrected chi connectivity index (χ0v) is 18.6. The number of hydrogen-bond acceptors (Lipinski definition) is 2. The molecule has 3 nitrogen and oxygen atoms in total. The van der Waals surface area contributed by atoms with E-state index in [-0.39, 0.29) is 6.04 Å². The molecule has 156 valence electrons. The number of ether oxygens (including phenoxy) is 1. The van der Waals surface area contributed by atoms with E-state index in [2.05, 4.69) is 24.2 Å². The summed E-state index contributed by atoms with van der Waals surface area (Å²) >= 11 is 0. The third-order valence-corrected chi connectivity index (χ3v) is 7.78. The molecule has 0 bridgehead atoms. The van der Waals surface area contributed by atoms with Gasteiger partial charge >= 0.3 is 0 Å². The molecule has 0 radical (unpaired) electrons. The minimum absolute atomic E-state index is 0.246. The standard InChI is InChI=1S/C26H30NO2P/c1-3-4-5-12-20-25(24-19-13-14-21-26(24)29-2)27-30(28,22-15-8-6-9-16-22)23-17-10-7-11-18-23/h6-21,25H,3-5H2,1-2H3,(H,27,28). The highest BCUT2D eigenvalue weighted by Crippen LogP contribution is 2.43. The van der Waals surface area contributed by atoms with Gasteiger partial charge in [0.15, 0.2) is 0 Å². The molecule has 30 heavy (non-hydrogen) atoms. The van der Waals surface area contributed by atoms with Gasteiger partial charge in [0.25, 0.3) is 0 Å². The second kappa shape index (κ2) is 11.0. The quantitative estimate of drug-likeness (QED) is 0.249. The highest BCUT2D eigenvalue weighted by atomic mass is 31.2. The van der Waals surface area contributed by atoms with Crippen LogP contribution >= 0.6 is 7.29 Å². The first kappa shape index (κ1) is 22.1. The Morgan fingerprint density at radius 3 is 2.03 bits per heavy atom. The summed E-state index contributed by atoms with van der Waals surface area (Å²) in [5, 5.41) is 5.10. The number of allylic oxidation sites excluding steroid dienone is 1. The second-order valence-electron chi connectivity index (χ2n) is 7.20. The van der Waals surface area contributed by atoms with Crippen LogP contribution in [0.3, 0.4) is 0 Å². The molecule has 0 heterocycles. The van der Waals surface area contributed by atoms with E-state index in [1.165, 1.54) is 0 Å². The van der Waals surface area contributed by atoms with Crippen molar-refractivity contribution in [1.82, 2.24) is 5.09 Å². The van der Waals surface area contributed by atoms with Crippen molar-refractivity contribution in [2.75, 3.05) is 7.11 Å². The van der Waals surface area contributed by atoms with Gasteiger partial charge in [-0.15, -0.1) is 0 Å². The summed E-state index contributed by atoms with van der Waals surface area (Å²) in [4.78, 5) is 0. The molecule has 0 aliphatic carbocycles. The van der Waals surface area contributed by atoms with Crippen molar-refractivity contribution >= 4 is 17.9 Å². The minimum Gasteiger partial charge on any atom is -0.496 e. The van der Waals surface area contributed by atoms with Crippen molar-refractivity contribution in [3.05, 3.63) is 103 Å². The highest BCUT2D eigenvalue weighted by molar-refractivity contribution is 7.76. The molecule has 0 aliphatic heterocycles. The van der Waals surface area contributed by atoms with Crippen LogP contribution in [-0.4, -0.2) is 7.11 Å². The number of para-hydroxylation sites is 1. The van der Waals surface area contributed by atoms with Crippen LogP contribution in [0.15, 0.2) is 97.1 Å². The molecule has 1 N–H and O–H groups in total. The Kier molecular flexibility index (Phi) is 8.07. The van der Waals surface area contributed by atoms with Crippen LogP contribution in [-0.2, 0) is 4.57 Å². The zero-order chi connectivity index (χ0) is 21.2. The number of nitrogens with one attached hydrogen (secondary N) is 1. The normalized spacial score (nSPS) is 12.7. The zero-order valence-electron chi connectivity index (χ0n) is 17.7. The van der Waals surface area contributed by atoms with E-state index in [0.29, 0.717) is 0 Å². The van der Waals surface area contributed by atoms with Gasteiger partial charge < -0.3 is 4.74 Å². The number of benzene rings is 3. The van der Waals surface area contributed by atoms with E-state index in [9.17, 15) is 4.57 Å². The van der Waals surface area contributed by atoms with Gasteiger partial charge in [0.05, 0.1) is 13.2 Å². The van der Waals surface area contributed by atoms with Crippen LogP contribution in [0.25, 0.3) is 0 Å². The Morgan fingerprint density at radius 2 is 1.47 bits per heavy atom. The minimum atomic E-state index is -3.09. The number of unbranched alkanes of at least 4 members (excludes halogenated alkanes) is 2. The van der Waals surface area contributed by atoms with E-state index in [4.69, 9.17) is 4.74 Å². The first-order valence-electron chi connectivity index (χ1n) is 10.5. The van der Waals surface area contributed by atoms with Crippen molar-refractivity contribution in [2.45, 2.75) is 32.2 Å². The smallest absolute Gasteiger partial charge is 0.205 e. The molecule has 0 aromatic heterocycles. The van der Waals surface area contributed by atoms with Gasteiger partial charge in [0, 0.05) is 16.2 Å². The van der Waals surface area contributed by atoms with Gasteiger partial charge in [-0.3, -0.25) is 4.57 Å². The summed E-state index contributed by atoms with van der Waals surface area (Å²) in [7, 11) is -1.42. The van der Waals surface area contributed by atoms with Crippen molar-refractivity contribution < 1.29 is 9.30 Å². The fraction of sp³-hybridized carbons (Fsp3) is 0.231. The summed E-state index contributed by atoms with van der Waals surface area (Å²) < 4.78 is 20.1. The first-order valence-corrected chi connectivity index (χ1v) is 12.2. The lowest BCUT2D eigenvalue weighted by molar-refractivity contribution is 0.407. The van der Waals surface area contributed by atoms with Gasteiger partial charge in [0.1, 0.15) is 5.75 Å². The Bertz CT molecular complexity index is 943. The molecule has 0 fully saturated rings. The Morgan fingerprint density at radius 1 is 0.900 bits per heavy atom. The monoisotopic (exact) mass is 419 g/mol. The molecule has 0 saturated heterocycles. The van der Waals surface area contributed by atoms with Gasteiger partial charge in [-0.25, -0.2) is 5.09 Å². The highest BCUT2D eigenvalue weighted by Gasteiger charge is 2.30. The van der Waals surface area contributed by atoms with Gasteiger partial charge in [-0.1, -0.05) is 86.5 Å². The second-order valence-corrected chi connectivity index (χ2v) is 9.71. The molecule has 0 saturated carbocycles.